The Morgan fingerprint density at radius 1 is 0.472 bits per heavy atom. The van der Waals surface area contributed by atoms with Crippen LogP contribution in [0.3, 0.4) is 0 Å². The third-order valence-corrected chi connectivity index (χ3v) is 7.88. The minimum absolute atomic E-state index is 0.869. The van der Waals surface area contributed by atoms with Crippen LogP contribution in [-0.4, -0.2) is 48.9 Å². The Kier molecular flexibility index (Phi) is 4.35. The molecule has 6 heteroatoms. The molecule has 0 saturated carbocycles. The average molecular weight is 473 g/mol. The lowest BCUT2D eigenvalue weighted by Crippen LogP contribution is -2.32. The molecule has 2 fully saturated rings. The summed E-state index contributed by atoms with van der Waals surface area (Å²) in [6.07, 6.45) is 0. The first kappa shape index (κ1) is 20.2. The van der Waals surface area contributed by atoms with Gasteiger partial charge in [0.1, 0.15) is 0 Å². The molecule has 6 nitrogen and oxygen atoms in total. The van der Waals surface area contributed by atoms with Crippen LogP contribution in [0.15, 0.2) is 84.9 Å². The number of nitrogens with zero attached hydrogens (tertiary/aromatic N) is 4. The second-order valence-corrected chi connectivity index (χ2v) is 9.90. The van der Waals surface area contributed by atoms with Crippen molar-refractivity contribution >= 4 is 43.6 Å². The third-order valence-electron chi connectivity index (χ3n) is 7.88. The number of fused-ring (bicyclic) bond motifs is 6. The van der Waals surface area contributed by atoms with E-state index in [-0.39, 0.29) is 0 Å². The Morgan fingerprint density at radius 3 is 1.36 bits per heavy atom. The molecule has 178 valence electrons. The minimum Gasteiger partial charge on any atom is -0.297 e. The molecular formula is C30H28N6. The predicted molar refractivity (Wildman–Crippen MR) is 150 cm³/mol. The van der Waals surface area contributed by atoms with Crippen molar-refractivity contribution in [2.45, 2.75) is 0 Å². The Balaban J connectivity index is 1.35. The maximum atomic E-state index is 3.49. The SMILES string of the molecule is c1ccc2c(c1)c1ccc(-c3ccc4c5ccccc5n(N5CCNC5)c4c3)cc1n2N1CCNC1. The van der Waals surface area contributed by atoms with Crippen LogP contribution in [0.2, 0.25) is 0 Å². The lowest BCUT2D eigenvalue weighted by molar-refractivity contribution is 0.695. The Hall–Kier alpha value is -4.00. The lowest BCUT2D eigenvalue weighted by atomic mass is 10.0. The van der Waals surface area contributed by atoms with Crippen molar-refractivity contribution in [3.63, 3.8) is 0 Å². The van der Waals surface area contributed by atoms with Crippen LogP contribution in [-0.2, 0) is 0 Å². The van der Waals surface area contributed by atoms with Crippen LogP contribution < -0.4 is 20.7 Å². The van der Waals surface area contributed by atoms with Crippen molar-refractivity contribution in [2.24, 2.45) is 0 Å². The highest BCUT2D eigenvalue weighted by molar-refractivity contribution is 6.11. The third kappa shape index (κ3) is 2.86. The Bertz CT molecular complexity index is 1630. The quantitative estimate of drug-likeness (QED) is 0.396. The number of hydrogen-bond donors (Lipinski definition) is 2. The van der Waals surface area contributed by atoms with E-state index in [9.17, 15) is 0 Å². The Labute approximate surface area is 209 Å². The molecular weight excluding hydrogens is 444 g/mol. The summed E-state index contributed by atoms with van der Waals surface area (Å²) in [5, 5.41) is 17.0. The topological polar surface area (TPSA) is 40.4 Å². The van der Waals surface area contributed by atoms with Gasteiger partial charge >= 0.3 is 0 Å². The van der Waals surface area contributed by atoms with Crippen molar-refractivity contribution in [2.75, 3.05) is 49.5 Å². The second kappa shape index (κ2) is 7.75. The van der Waals surface area contributed by atoms with Gasteiger partial charge in [0, 0.05) is 47.7 Å². The fourth-order valence-corrected chi connectivity index (χ4v) is 6.20. The molecule has 2 N–H and O–H groups in total. The number of rotatable bonds is 3. The molecule has 4 heterocycles. The first-order chi connectivity index (χ1) is 17.9. The summed E-state index contributed by atoms with van der Waals surface area (Å²) in [7, 11) is 0. The van der Waals surface area contributed by atoms with Gasteiger partial charge in [-0.15, -0.1) is 0 Å². The van der Waals surface area contributed by atoms with Gasteiger partial charge < -0.3 is 0 Å². The van der Waals surface area contributed by atoms with E-state index in [1.165, 1.54) is 54.7 Å². The first-order valence-corrected chi connectivity index (χ1v) is 12.9. The van der Waals surface area contributed by atoms with Gasteiger partial charge in [0.2, 0.25) is 0 Å². The maximum absolute atomic E-state index is 3.49. The first-order valence-electron chi connectivity index (χ1n) is 12.9. The van der Waals surface area contributed by atoms with Crippen molar-refractivity contribution in [3.05, 3.63) is 84.9 Å². The molecule has 4 aromatic carbocycles. The van der Waals surface area contributed by atoms with E-state index in [2.05, 4.69) is 115 Å². The zero-order valence-corrected chi connectivity index (χ0v) is 20.1. The normalized spacial score (nSPS) is 16.4. The van der Waals surface area contributed by atoms with Crippen molar-refractivity contribution in [3.8, 4) is 11.1 Å². The summed E-state index contributed by atoms with van der Waals surface area (Å²) in [5.41, 5.74) is 7.56. The number of hydrogen-bond acceptors (Lipinski definition) is 4. The van der Waals surface area contributed by atoms with E-state index in [0.29, 0.717) is 0 Å². The van der Waals surface area contributed by atoms with Crippen LogP contribution in [0.25, 0.3) is 54.7 Å². The van der Waals surface area contributed by atoms with E-state index in [0.717, 1.165) is 39.5 Å². The molecule has 2 saturated heterocycles. The zero-order valence-electron chi connectivity index (χ0n) is 20.1. The molecule has 0 bridgehead atoms. The predicted octanol–water partition coefficient (Wildman–Crippen LogP) is 4.57. The number of benzene rings is 4. The fourth-order valence-electron chi connectivity index (χ4n) is 6.20. The molecule has 6 aromatic rings. The molecule has 0 aliphatic carbocycles. The van der Waals surface area contributed by atoms with Gasteiger partial charge in [-0.05, 0) is 35.4 Å². The van der Waals surface area contributed by atoms with E-state index in [1.807, 2.05) is 0 Å². The largest absolute Gasteiger partial charge is 0.297 e. The van der Waals surface area contributed by atoms with Crippen LogP contribution >= 0.6 is 0 Å². The molecule has 0 spiro atoms. The van der Waals surface area contributed by atoms with Crippen molar-refractivity contribution in [1.82, 2.24) is 20.0 Å². The highest BCUT2D eigenvalue weighted by atomic mass is 15.6. The van der Waals surface area contributed by atoms with E-state index in [4.69, 9.17) is 0 Å². The van der Waals surface area contributed by atoms with Gasteiger partial charge in [-0.2, -0.15) is 0 Å². The highest BCUT2D eigenvalue weighted by Crippen LogP contribution is 2.36. The van der Waals surface area contributed by atoms with Crippen LogP contribution in [0.5, 0.6) is 0 Å². The van der Waals surface area contributed by atoms with Gasteiger partial charge in [-0.3, -0.25) is 30.0 Å². The van der Waals surface area contributed by atoms with Crippen LogP contribution in [0.4, 0.5) is 0 Å². The molecule has 0 unspecified atom stereocenters. The molecule has 2 aliphatic rings. The van der Waals surface area contributed by atoms with E-state index >= 15 is 0 Å². The summed E-state index contributed by atoms with van der Waals surface area (Å²) >= 11 is 0. The maximum Gasteiger partial charge on any atom is 0.0840 e. The van der Waals surface area contributed by atoms with E-state index in [1.54, 1.807) is 0 Å². The summed E-state index contributed by atoms with van der Waals surface area (Å²) in [4.78, 5) is 0. The summed E-state index contributed by atoms with van der Waals surface area (Å²) in [6.45, 7) is 5.78. The Morgan fingerprint density at radius 2 is 0.917 bits per heavy atom. The van der Waals surface area contributed by atoms with Crippen LogP contribution in [0, 0.1) is 0 Å². The van der Waals surface area contributed by atoms with Gasteiger partial charge in [0.15, 0.2) is 0 Å². The van der Waals surface area contributed by atoms with Crippen molar-refractivity contribution < 1.29 is 0 Å². The molecule has 0 atom stereocenters. The number of aromatic nitrogens is 2. The highest BCUT2D eigenvalue weighted by Gasteiger charge is 2.21. The molecule has 36 heavy (non-hydrogen) atoms. The van der Waals surface area contributed by atoms with Gasteiger partial charge in [-0.25, -0.2) is 0 Å². The zero-order chi connectivity index (χ0) is 23.6. The van der Waals surface area contributed by atoms with Gasteiger partial charge in [0.05, 0.1) is 35.4 Å². The number of para-hydroxylation sites is 2. The minimum atomic E-state index is 0.869. The monoisotopic (exact) mass is 472 g/mol. The van der Waals surface area contributed by atoms with Gasteiger partial charge in [-0.1, -0.05) is 60.7 Å². The second-order valence-electron chi connectivity index (χ2n) is 9.90. The molecule has 2 aromatic heterocycles. The summed E-state index contributed by atoms with van der Waals surface area (Å²) in [5.74, 6) is 0. The average Bonchev–Trinajstić information content (AvgIpc) is 3.72. The standard InChI is InChI=1S/C30H28N6/c1-3-7-27-23(5-1)25-11-9-21(17-29(25)35(27)33-15-13-31-19-33)22-10-12-26-24-6-2-4-8-28(24)36(30(26)18-22)34-16-14-32-20-34/h1-12,17-18,31-32H,13-16,19-20H2. The number of nitrogens with one attached hydrogen (secondary N) is 2. The summed E-state index contributed by atoms with van der Waals surface area (Å²) in [6, 6.07) is 31.4. The molecule has 0 amide bonds. The lowest BCUT2D eigenvalue weighted by Gasteiger charge is -2.22. The van der Waals surface area contributed by atoms with Crippen LogP contribution in [0.1, 0.15) is 0 Å². The van der Waals surface area contributed by atoms with E-state index < -0.39 is 0 Å². The fraction of sp³-hybridized carbons (Fsp3) is 0.200. The molecule has 0 radical (unpaired) electrons. The van der Waals surface area contributed by atoms with Crippen molar-refractivity contribution in [1.29, 1.82) is 0 Å². The smallest absolute Gasteiger partial charge is 0.0840 e. The summed E-state index contributed by atoms with van der Waals surface area (Å²) < 4.78 is 4.83. The molecule has 2 aliphatic heterocycles. The van der Waals surface area contributed by atoms with Gasteiger partial charge in [0.25, 0.3) is 0 Å². The molecule has 8 rings (SSSR count).